The number of unbranched alkanes of at least 4 members (excludes halogenated alkanes) is 1. The highest BCUT2D eigenvalue weighted by atomic mass is 16.2. The van der Waals surface area contributed by atoms with Crippen molar-refractivity contribution < 1.29 is 9.59 Å². The summed E-state index contributed by atoms with van der Waals surface area (Å²) < 4.78 is 0. The zero-order valence-electron chi connectivity index (χ0n) is 16.1. The molecular formula is C22H28N2O2. The van der Waals surface area contributed by atoms with Gasteiger partial charge in [0.2, 0.25) is 0 Å². The fourth-order valence-corrected chi connectivity index (χ4v) is 2.62. The van der Waals surface area contributed by atoms with Gasteiger partial charge < -0.3 is 10.6 Å². The normalized spacial score (nSPS) is 10.5. The molecular weight excluding hydrogens is 324 g/mol. The third-order valence-electron chi connectivity index (χ3n) is 4.71. The molecule has 0 aliphatic heterocycles. The van der Waals surface area contributed by atoms with Crippen LogP contribution in [-0.4, -0.2) is 24.9 Å². The minimum Gasteiger partial charge on any atom is -0.352 e. The summed E-state index contributed by atoms with van der Waals surface area (Å²) >= 11 is 0. The quantitative estimate of drug-likeness (QED) is 0.744. The van der Waals surface area contributed by atoms with Crippen molar-refractivity contribution in [1.82, 2.24) is 10.6 Å². The van der Waals surface area contributed by atoms with Gasteiger partial charge in [0, 0.05) is 24.2 Å². The maximum atomic E-state index is 12.1. The van der Waals surface area contributed by atoms with Crippen LogP contribution in [0.25, 0.3) is 0 Å². The number of benzene rings is 2. The molecule has 0 bridgehead atoms. The number of aryl methyl sites for hydroxylation is 4. The molecule has 0 radical (unpaired) electrons. The number of amides is 2. The first-order valence-electron chi connectivity index (χ1n) is 9.09. The van der Waals surface area contributed by atoms with Crippen molar-refractivity contribution in [3.8, 4) is 0 Å². The van der Waals surface area contributed by atoms with Crippen LogP contribution in [0.15, 0.2) is 36.4 Å². The van der Waals surface area contributed by atoms with Crippen molar-refractivity contribution >= 4 is 11.8 Å². The van der Waals surface area contributed by atoms with Crippen LogP contribution in [0.5, 0.6) is 0 Å². The molecule has 0 spiro atoms. The minimum absolute atomic E-state index is 0.0488. The molecule has 0 atom stereocenters. The molecule has 2 N–H and O–H groups in total. The van der Waals surface area contributed by atoms with Gasteiger partial charge in [0.1, 0.15) is 0 Å². The van der Waals surface area contributed by atoms with Crippen molar-refractivity contribution in [2.45, 2.75) is 40.5 Å². The van der Waals surface area contributed by atoms with E-state index in [1.54, 1.807) is 0 Å². The van der Waals surface area contributed by atoms with Gasteiger partial charge >= 0.3 is 0 Å². The first-order chi connectivity index (χ1) is 12.4. The Morgan fingerprint density at radius 3 is 1.38 bits per heavy atom. The topological polar surface area (TPSA) is 58.2 Å². The minimum atomic E-state index is -0.0488. The lowest BCUT2D eigenvalue weighted by Crippen LogP contribution is -2.27. The van der Waals surface area contributed by atoms with Crippen LogP contribution in [0.1, 0.15) is 55.8 Å². The van der Waals surface area contributed by atoms with Crippen molar-refractivity contribution in [3.63, 3.8) is 0 Å². The van der Waals surface area contributed by atoms with E-state index in [1.165, 1.54) is 11.1 Å². The Bertz CT molecular complexity index is 729. The van der Waals surface area contributed by atoms with Gasteiger partial charge in [-0.3, -0.25) is 9.59 Å². The average Bonchev–Trinajstić information content (AvgIpc) is 2.62. The van der Waals surface area contributed by atoms with Crippen LogP contribution in [-0.2, 0) is 0 Å². The largest absolute Gasteiger partial charge is 0.352 e. The molecule has 0 heterocycles. The van der Waals surface area contributed by atoms with Crippen molar-refractivity contribution in [2.75, 3.05) is 13.1 Å². The smallest absolute Gasteiger partial charge is 0.251 e. The van der Waals surface area contributed by atoms with E-state index in [2.05, 4.69) is 10.6 Å². The number of carbonyl (C=O) groups excluding carboxylic acids is 2. The Hall–Kier alpha value is -2.62. The maximum Gasteiger partial charge on any atom is 0.251 e. The summed E-state index contributed by atoms with van der Waals surface area (Å²) in [5, 5.41) is 5.85. The molecule has 4 nitrogen and oxygen atoms in total. The second kappa shape index (κ2) is 9.18. The summed E-state index contributed by atoms with van der Waals surface area (Å²) in [6.45, 7) is 9.28. The molecule has 26 heavy (non-hydrogen) atoms. The Morgan fingerprint density at radius 1 is 0.654 bits per heavy atom. The van der Waals surface area contributed by atoms with E-state index in [4.69, 9.17) is 0 Å². The number of rotatable bonds is 7. The second-order valence-corrected chi connectivity index (χ2v) is 6.82. The molecule has 2 rings (SSSR count). The average molecular weight is 352 g/mol. The summed E-state index contributed by atoms with van der Waals surface area (Å²) in [7, 11) is 0. The van der Waals surface area contributed by atoms with E-state index >= 15 is 0 Å². The second-order valence-electron chi connectivity index (χ2n) is 6.82. The highest BCUT2D eigenvalue weighted by Crippen LogP contribution is 2.10. The van der Waals surface area contributed by atoms with E-state index in [1.807, 2.05) is 64.1 Å². The molecule has 2 aromatic carbocycles. The summed E-state index contributed by atoms with van der Waals surface area (Å²) in [5.74, 6) is -0.0977. The third-order valence-corrected chi connectivity index (χ3v) is 4.71. The van der Waals surface area contributed by atoms with Gasteiger partial charge in [-0.2, -0.15) is 0 Å². The maximum absolute atomic E-state index is 12.1. The Balaban J connectivity index is 1.67. The predicted octanol–water partition coefficient (Wildman–Crippen LogP) is 3.86. The Labute approximate surface area is 156 Å². The van der Waals surface area contributed by atoms with Crippen molar-refractivity contribution in [1.29, 1.82) is 0 Å². The van der Waals surface area contributed by atoms with Gasteiger partial charge in [-0.25, -0.2) is 0 Å². The highest BCUT2D eigenvalue weighted by Gasteiger charge is 2.07. The molecule has 138 valence electrons. The lowest BCUT2D eigenvalue weighted by Gasteiger charge is -2.09. The Kier molecular flexibility index (Phi) is 6.96. The summed E-state index contributed by atoms with van der Waals surface area (Å²) in [5.41, 5.74) is 5.98. The fourth-order valence-electron chi connectivity index (χ4n) is 2.62. The number of hydrogen-bond donors (Lipinski definition) is 2. The first kappa shape index (κ1) is 19.7. The molecule has 0 unspecified atom stereocenters. The summed E-state index contributed by atoms with van der Waals surface area (Å²) in [4.78, 5) is 24.2. The molecule has 0 aromatic heterocycles. The first-order valence-corrected chi connectivity index (χ1v) is 9.09. The highest BCUT2D eigenvalue weighted by molar-refractivity contribution is 5.95. The van der Waals surface area contributed by atoms with Gasteiger partial charge in [-0.1, -0.05) is 12.1 Å². The van der Waals surface area contributed by atoms with Gasteiger partial charge in [0.25, 0.3) is 11.8 Å². The lowest BCUT2D eigenvalue weighted by molar-refractivity contribution is 0.0939. The van der Waals surface area contributed by atoms with Gasteiger partial charge in [-0.15, -0.1) is 0 Å². The molecule has 0 saturated carbocycles. The molecule has 0 aliphatic carbocycles. The van der Waals surface area contributed by atoms with Gasteiger partial charge in [0.05, 0.1) is 0 Å². The van der Waals surface area contributed by atoms with Crippen LogP contribution >= 0.6 is 0 Å². The van der Waals surface area contributed by atoms with E-state index in [9.17, 15) is 9.59 Å². The zero-order valence-corrected chi connectivity index (χ0v) is 16.1. The fraction of sp³-hybridized carbons (Fsp3) is 0.364. The number of carbonyl (C=O) groups is 2. The van der Waals surface area contributed by atoms with E-state index in [-0.39, 0.29) is 11.8 Å². The number of hydrogen-bond acceptors (Lipinski definition) is 2. The van der Waals surface area contributed by atoms with Crippen LogP contribution in [0.4, 0.5) is 0 Å². The molecule has 0 saturated heterocycles. The van der Waals surface area contributed by atoms with Crippen molar-refractivity contribution in [2.24, 2.45) is 0 Å². The van der Waals surface area contributed by atoms with E-state index in [0.717, 1.165) is 24.0 Å². The van der Waals surface area contributed by atoms with Crippen LogP contribution in [0.2, 0.25) is 0 Å². The lowest BCUT2D eigenvalue weighted by atomic mass is 10.1. The monoisotopic (exact) mass is 352 g/mol. The SMILES string of the molecule is Cc1ccc(C(=O)NCCCCNC(=O)c2ccc(C)c(C)c2)cc1C. The molecule has 4 heteroatoms. The molecule has 0 aliphatic rings. The van der Waals surface area contributed by atoms with Gasteiger partial charge in [0.15, 0.2) is 0 Å². The van der Waals surface area contributed by atoms with E-state index in [0.29, 0.717) is 24.2 Å². The molecule has 0 fully saturated rings. The van der Waals surface area contributed by atoms with E-state index < -0.39 is 0 Å². The van der Waals surface area contributed by atoms with Crippen LogP contribution < -0.4 is 10.6 Å². The molecule has 2 amide bonds. The van der Waals surface area contributed by atoms with Crippen LogP contribution in [0.3, 0.4) is 0 Å². The van der Waals surface area contributed by atoms with Crippen LogP contribution in [0, 0.1) is 27.7 Å². The summed E-state index contributed by atoms with van der Waals surface area (Å²) in [6.07, 6.45) is 1.65. The Morgan fingerprint density at radius 2 is 1.04 bits per heavy atom. The summed E-state index contributed by atoms with van der Waals surface area (Å²) in [6, 6.07) is 11.4. The molecule has 2 aromatic rings. The van der Waals surface area contributed by atoms with Crippen molar-refractivity contribution in [3.05, 3.63) is 69.8 Å². The predicted molar refractivity (Wildman–Crippen MR) is 106 cm³/mol. The third kappa shape index (κ3) is 5.45. The van der Waals surface area contributed by atoms with Gasteiger partial charge in [-0.05, 0) is 87.1 Å². The number of nitrogens with one attached hydrogen (secondary N) is 2. The standard InChI is InChI=1S/C22H28N2O2/c1-15-7-9-19(13-17(15)3)21(25)23-11-5-6-12-24-22(26)20-10-8-16(2)18(4)14-20/h7-10,13-14H,5-6,11-12H2,1-4H3,(H,23,25)(H,24,26). The zero-order chi connectivity index (χ0) is 19.1.